The molecular formula is C14H21NO2. The average molecular weight is 235 g/mol. The van der Waals surface area contributed by atoms with Crippen LogP contribution in [0.5, 0.6) is 0 Å². The van der Waals surface area contributed by atoms with Gasteiger partial charge in [0.25, 0.3) is 0 Å². The summed E-state index contributed by atoms with van der Waals surface area (Å²) in [6, 6.07) is 8.46. The molecule has 0 spiro atoms. The van der Waals surface area contributed by atoms with E-state index in [1.807, 2.05) is 0 Å². The highest BCUT2D eigenvalue weighted by atomic mass is 16.4. The zero-order valence-corrected chi connectivity index (χ0v) is 10.6. The molecule has 0 saturated heterocycles. The van der Waals surface area contributed by atoms with E-state index in [2.05, 4.69) is 36.5 Å². The summed E-state index contributed by atoms with van der Waals surface area (Å²) in [4.78, 5) is 10.6. The van der Waals surface area contributed by atoms with Gasteiger partial charge in [-0.15, -0.1) is 0 Å². The lowest BCUT2D eigenvalue weighted by atomic mass is 10.1. The maximum Gasteiger partial charge on any atom is 0.306 e. The van der Waals surface area contributed by atoms with Crippen LogP contribution in [0.25, 0.3) is 0 Å². The second-order valence-electron chi connectivity index (χ2n) is 4.52. The van der Waals surface area contributed by atoms with E-state index in [1.165, 1.54) is 11.1 Å². The molecule has 0 aliphatic heterocycles. The normalized spacial score (nSPS) is 12.4. The van der Waals surface area contributed by atoms with Crippen LogP contribution in [0.2, 0.25) is 0 Å². The number of benzene rings is 1. The van der Waals surface area contributed by atoms with Gasteiger partial charge in [-0.05, 0) is 38.4 Å². The zero-order valence-electron chi connectivity index (χ0n) is 10.6. The second-order valence-corrected chi connectivity index (χ2v) is 4.52. The van der Waals surface area contributed by atoms with Crippen molar-refractivity contribution in [3.8, 4) is 0 Å². The molecule has 0 fully saturated rings. The number of hydrogen-bond acceptors (Lipinski definition) is 2. The van der Waals surface area contributed by atoms with E-state index < -0.39 is 5.97 Å². The van der Waals surface area contributed by atoms with E-state index in [0.717, 1.165) is 19.5 Å². The molecule has 1 aromatic carbocycles. The fourth-order valence-electron chi connectivity index (χ4n) is 1.67. The zero-order chi connectivity index (χ0) is 12.7. The summed E-state index contributed by atoms with van der Waals surface area (Å²) < 4.78 is 0. The van der Waals surface area contributed by atoms with E-state index in [4.69, 9.17) is 5.11 Å². The highest BCUT2D eigenvalue weighted by molar-refractivity contribution is 5.69. The summed E-state index contributed by atoms with van der Waals surface area (Å²) in [6.45, 7) is 5.49. The first-order valence-electron chi connectivity index (χ1n) is 6.08. The third kappa shape index (κ3) is 5.50. The first-order valence-corrected chi connectivity index (χ1v) is 6.08. The SMILES string of the molecule is Cc1cccc(CCNCCC(C)C(=O)O)c1. The predicted molar refractivity (Wildman–Crippen MR) is 69.2 cm³/mol. The van der Waals surface area contributed by atoms with Crippen LogP contribution < -0.4 is 5.32 Å². The van der Waals surface area contributed by atoms with Gasteiger partial charge in [0.05, 0.1) is 5.92 Å². The molecule has 0 radical (unpaired) electrons. The number of carbonyl (C=O) groups is 1. The lowest BCUT2D eigenvalue weighted by Gasteiger charge is -2.08. The first-order chi connectivity index (χ1) is 8.09. The Morgan fingerprint density at radius 2 is 2.18 bits per heavy atom. The molecule has 3 heteroatoms. The van der Waals surface area contributed by atoms with Crippen LogP contribution in [-0.4, -0.2) is 24.2 Å². The van der Waals surface area contributed by atoms with Crippen LogP contribution in [0.15, 0.2) is 24.3 Å². The Balaban J connectivity index is 2.14. The minimum atomic E-state index is -0.717. The van der Waals surface area contributed by atoms with Crippen LogP contribution >= 0.6 is 0 Å². The van der Waals surface area contributed by atoms with Gasteiger partial charge >= 0.3 is 5.97 Å². The van der Waals surface area contributed by atoms with E-state index in [0.29, 0.717) is 6.42 Å². The number of rotatable bonds is 7. The number of carboxylic acid groups (broad SMARTS) is 1. The Labute approximate surface area is 103 Å². The van der Waals surface area contributed by atoms with E-state index in [-0.39, 0.29) is 5.92 Å². The molecule has 0 heterocycles. The molecule has 1 aromatic rings. The molecule has 2 N–H and O–H groups in total. The molecule has 0 aromatic heterocycles. The molecule has 0 aliphatic rings. The lowest BCUT2D eigenvalue weighted by Crippen LogP contribution is -2.22. The van der Waals surface area contributed by atoms with Crippen molar-refractivity contribution >= 4 is 5.97 Å². The summed E-state index contributed by atoms with van der Waals surface area (Å²) in [6.07, 6.45) is 1.67. The van der Waals surface area contributed by atoms with Gasteiger partial charge in [-0.2, -0.15) is 0 Å². The quantitative estimate of drug-likeness (QED) is 0.713. The molecule has 0 aliphatic carbocycles. The topological polar surface area (TPSA) is 49.3 Å². The van der Waals surface area contributed by atoms with Crippen LogP contribution in [0, 0.1) is 12.8 Å². The monoisotopic (exact) mass is 235 g/mol. The van der Waals surface area contributed by atoms with Gasteiger partial charge in [0.2, 0.25) is 0 Å². The van der Waals surface area contributed by atoms with Crippen molar-refractivity contribution < 1.29 is 9.90 Å². The molecule has 0 bridgehead atoms. The summed E-state index contributed by atoms with van der Waals surface area (Å²) in [5.41, 5.74) is 2.60. The lowest BCUT2D eigenvalue weighted by molar-refractivity contribution is -0.141. The number of hydrogen-bond donors (Lipinski definition) is 2. The minimum Gasteiger partial charge on any atom is -0.481 e. The van der Waals surface area contributed by atoms with Crippen molar-refractivity contribution in [1.29, 1.82) is 0 Å². The van der Waals surface area contributed by atoms with Crippen LogP contribution in [0.1, 0.15) is 24.5 Å². The Hall–Kier alpha value is -1.35. The largest absolute Gasteiger partial charge is 0.481 e. The molecule has 3 nitrogen and oxygen atoms in total. The van der Waals surface area contributed by atoms with Crippen molar-refractivity contribution in [3.05, 3.63) is 35.4 Å². The van der Waals surface area contributed by atoms with Crippen molar-refractivity contribution in [2.45, 2.75) is 26.7 Å². The fraction of sp³-hybridized carbons (Fsp3) is 0.500. The highest BCUT2D eigenvalue weighted by Gasteiger charge is 2.09. The minimum absolute atomic E-state index is 0.263. The van der Waals surface area contributed by atoms with Gasteiger partial charge in [0.1, 0.15) is 0 Å². The van der Waals surface area contributed by atoms with Crippen molar-refractivity contribution in [1.82, 2.24) is 5.32 Å². The van der Waals surface area contributed by atoms with Crippen LogP contribution in [0.3, 0.4) is 0 Å². The third-order valence-electron chi connectivity index (χ3n) is 2.85. The molecule has 0 amide bonds. The van der Waals surface area contributed by atoms with Gasteiger partial charge in [-0.3, -0.25) is 4.79 Å². The van der Waals surface area contributed by atoms with Crippen LogP contribution in [0.4, 0.5) is 0 Å². The molecule has 94 valence electrons. The molecule has 1 atom stereocenters. The molecular weight excluding hydrogens is 214 g/mol. The predicted octanol–water partition coefficient (Wildman–Crippen LogP) is 2.24. The van der Waals surface area contributed by atoms with Gasteiger partial charge < -0.3 is 10.4 Å². The van der Waals surface area contributed by atoms with Crippen molar-refractivity contribution in [2.24, 2.45) is 5.92 Å². The van der Waals surface area contributed by atoms with E-state index >= 15 is 0 Å². The maximum absolute atomic E-state index is 10.6. The third-order valence-corrected chi connectivity index (χ3v) is 2.85. The van der Waals surface area contributed by atoms with Gasteiger partial charge in [0, 0.05) is 0 Å². The van der Waals surface area contributed by atoms with Gasteiger partial charge in [-0.25, -0.2) is 0 Å². The van der Waals surface area contributed by atoms with E-state index in [9.17, 15) is 4.79 Å². The summed E-state index contributed by atoms with van der Waals surface area (Å²) in [5.74, 6) is -0.980. The molecule has 17 heavy (non-hydrogen) atoms. The van der Waals surface area contributed by atoms with Crippen LogP contribution in [-0.2, 0) is 11.2 Å². The fourth-order valence-corrected chi connectivity index (χ4v) is 1.67. The van der Waals surface area contributed by atoms with Crippen molar-refractivity contribution in [2.75, 3.05) is 13.1 Å². The highest BCUT2D eigenvalue weighted by Crippen LogP contribution is 2.04. The number of aliphatic carboxylic acids is 1. The van der Waals surface area contributed by atoms with Gasteiger partial charge in [0.15, 0.2) is 0 Å². The first kappa shape index (κ1) is 13.7. The Bertz CT molecular complexity index is 363. The summed E-state index contributed by atoms with van der Waals surface area (Å²) in [7, 11) is 0. The Morgan fingerprint density at radius 3 is 2.82 bits per heavy atom. The van der Waals surface area contributed by atoms with Crippen molar-refractivity contribution in [3.63, 3.8) is 0 Å². The smallest absolute Gasteiger partial charge is 0.306 e. The summed E-state index contributed by atoms with van der Waals surface area (Å²) >= 11 is 0. The standard InChI is InChI=1S/C14H21NO2/c1-11-4-3-5-13(10-11)7-9-15-8-6-12(2)14(16)17/h3-5,10,12,15H,6-9H2,1-2H3,(H,16,17). The second kappa shape index (κ2) is 7.07. The summed E-state index contributed by atoms with van der Waals surface area (Å²) in [5, 5.41) is 12.0. The molecule has 1 unspecified atom stereocenters. The van der Waals surface area contributed by atoms with Gasteiger partial charge in [-0.1, -0.05) is 36.8 Å². The number of aryl methyl sites for hydroxylation is 1. The maximum atomic E-state index is 10.6. The number of nitrogens with one attached hydrogen (secondary N) is 1. The number of carboxylic acids is 1. The average Bonchev–Trinajstić information content (AvgIpc) is 2.28. The molecule has 0 saturated carbocycles. The van der Waals surface area contributed by atoms with E-state index in [1.54, 1.807) is 6.92 Å². The Kier molecular flexibility index (Phi) is 5.70. The Morgan fingerprint density at radius 1 is 1.41 bits per heavy atom. The molecule has 1 rings (SSSR count).